The Morgan fingerprint density at radius 1 is 1.17 bits per heavy atom. The van der Waals surface area contributed by atoms with Crippen LogP contribution in [0.3, 0.4) is 0 Å². The molecule has 0 bridgehead atoms. The Labute approximate surface area is 83.0 Å². The summed E-state index contributed by atoms with van der Waals surface area (Å²) in [5.74, 6) is 0.955. The Morgan fingerprint density at radius 3 is 2.25 bits per heavy atom. The van der Waals surface area contributed by atoms with Crippen molar-refractivity contribution in [2.75, 3.05) is 0 Å². The Hall–Kier alpha value is -0.283. The van der Waals surface area contributed by atoms with Gasteiger partial charge in [-0.25, -0.2) is 0 Å². The van der Waals surface area contributed by atoms with E-state index in [2.05, 4.69) is 35.6 Å². The van der Waals surface area contributed by atoms with E-state index in [1.807, 2.05) is 24.3 Å². The zero-order valence-corrected chi connectivity index (χ0v) is 10.2. The van der Waals surface area contributed by atoms with E-state index in [0.717, 1.165) is 10.2 Å². The second-order valence-corrected chi connectivity index (χ2v) is 8.93. The molecule has 12 heavy (non-hydrogen) atoms. The number of rotatable bonds is 2. The van der Waals surface area contributed by atoms with Gasteiger partial charge >= 0.3 is 0 Å². The van der Waals surface area contributed by atoms with E-state index < -0.39 is 8.32 Å². The molecule has 0 N–H and O–H groups in total. The van der Waals surface area contributed by atoms with Crippen molar-refractivity contribution >= 4 is 24.2 Å². The lowest BCUT2D eigenvalue weighted by molar-refractivity contribution is 0.554. The minimum Gasteiger partial charge on any atom is -0.544 e. The third-order valence-electron chi connectivity index (χ3n) is 1.25. The number of para-hydroxylation sites is 1. The first-order chi connectivity index (χ1) is 5.49. The average molecular weight is 245 g/mol. The molecular formula is C9H13BrOSi. The Morgan fingerprint density at radius 2 is 1.75 bits per heavy atom. The normalized spacial score (nSPS) is 11.3. The zero-order valence-electron chi connectivity index (χ0n) is 7.60. The zero-order chi connectivity index (χ0) is 9.19. The van der Waals surface area contributed by atoms with Crippen LogP contribution in [-0.2, 0) is 0 Å². The van der Waals surface area contributed by atoms with Gasteiger partial charge in [-0.2, -0.15) is 0 Å². The SMILES string of the molecule is C[Si](C)(C)Oc1ccccc1Br. The van der Waals surface area contributed by atoms with Gasteiger partial charge in [0.15, 0.2) is 0 Å². The molecule has 0 aliphatic heterocycles. The standard InChI is InChI=1S/C9H13BrOSi/c1-12(2,3)11-9-7-5-4-6-8(9)10/h4-7H,1-3H3. The molecule has 1 aromatic carbocycles. The maximum Gasteiger partial charge on any atom is 0.242 e. The van der Waals surface area contributed by atoms with Crippen LogP contribution in [0.1, 0.15) is 0 Å². The van der Waals surface area contributed by atoms with Crippen molar-refractivity contribution < 1.29 is 4.43 Å². The van der Waals surface area contributed by atoms with Crippen molar-refractivity contribution in [1.29, 1.82) is 0 Å². The summed E-state index contributed by atoms with van der Waals surface area (Å²) in [4.78, 5) is 0. The fraction of sp³-hybridized carbons (Fsp3) is 0.333. The van der Waals surface area contributed by atoms with Crippen molar-refractivity contribution in [1.82, 2.24) is 0 Å². The van der Waals surface area contributed by atoms with Crippen LogP contribution in [0, 0.1) is 0 Å². The molecule has 0 aliphatic rings. The van der Waals surface area contributed by atoms with Gasteiger partial charge in [0.2, 0.25) is 8.32 Å². The van der Waals surface area contributed by atoms with Crippen LogP contribution in [-0.4, -0.2) is 8.32 Å². The van der Waals surface area contributed by atoms with Crippen LogP contribution >= 0.6 is 15.9 Å². The van der Waals surface area contributed by atoms with Gasteiger partial charge in [0.05, 0.1) is 4.47 Å². The third-order valence-corrected chi connectivity index (χ3v) is 2.74. The molecule has 0 saturated heterocycles. The van der Waals surface area contributed by atoms with Gasteiger partial charge in [-0.05, 0) is 47.7 Å². The first kappa shape index (κ1) is 9.80. The van der Waals surface area contributed by atoms with Crippen LogP contribution in [0.25, 0.3) is 0 Å². The summed E-state index contributed by atoms with van der Waals surface area (Å²) in [7, 11) is -1.46. The predicted octanol–water partition coefficient (Wildman–Crippen LogP) is 3.66. The molecule has 1 rings (SSSR count). The van der Waals surface area contributed by atoms with E-state index in [0.29, 0.717) is 0 Å². The maximum absolute atomic E-state index is 5.82. The number of halogens is 1. The van der Waals surface area contributed by atoms with Gasteiger partial charge < -0.3 is 4.43 Å². The molecule has 1 aromatic rings. The molecule has 3 heteroatoms. The van der Waals surface area contributed by atoms with E-state index in [1.165, 1.54) is 0 Å². The summed E-state index contributed by atoms with van der Waals surface area (Å²) < 4.78 is 6.86. The van der Waals surface area contributed by atoms with Crippen LogP contribution in [0.4, 0.5) is 0 Å². The molecule has 0 spiro atoms. The lowest BCUT2D eigenvalue weighted by atomic mass is 10.3. The minimum absolute atomic E-state index is 0.955. The van der Waals surface area contributed by atoms with Crippen molar-refractivity contribution in [2.45, 2.75) is 19.6 Å². The molecule has 66 valence electrons. The quantitative estimate of drug-likeness (QED) is 0.722. The molecule has 0 amide bonds. The molecular weight excluding hydrogens is 232 g/mol. The van der Waals surface area contributed by atoms with Crippen molar-refractivity contribution in [3.05, 3.63) is 28.7 Å². The van der Waals surface area contributed by atoms with Crippen LogP contribution in [0.5, 0.6) is 5.75 Å². The summed E-state index contributed by atoms with van der Waals surface area (Å²) in [6.07, 6.45) is 0. The van der Waals surface area contributed by atoms with Crippen LogP contribution < -0.4 is 4.43 Å². The highest BCUT2D eigenvalue weighted by atomic mass is 79.9. The predicted molar refractivity (Wildman–Crippen MR) is 58.1 cm³/mol. The fourth-order valence-electron chi connectivity index (χ4n) is 0.857. The smallest absolute Gasteiger partial charge is 0.242 e. The molecule has 0 heterocycles. The van der Waals surface area contributed by atoms with Gasteiger partial charge in [-0.15, -0.1) is 0 Å². The lowest BCUT2D eigenvalue weighted by Gasteiger charge is -2.19. The fourth-order valence-corrected chi connectivity index (χ4v) is 2.21. The van der Waals surface area contributed by atoms with Gasteiger partial charge in [0.1, 0.15) is 5.75 Å². The third kappa shape index (κ3) is 2.99. The van der Waals surface area contributed by atoms with Gasteiger partial charge in [-0.3, -0.25) is 0 Å². The molecule has 0 aromatic heterocycles. The molecule has 1 nitrogen and oxygen atoms in total. The van der Waals surface area contributed by atoms with E-state index >= 15 is 0 Å². The van der Waals surface area contributed by atoms with E-state index in [4.69, 9.17) is 4.43 Å². The topological polar surface area (TPSA) is 9.23 Å². The molecule has 0 aliphatic carbocycles. The Balaban J connectivity index is 2.83. The molecule has 0 radical (unpaired) electrons. The highest BCUT2D eigenvalue weighted by Crippen LogP contribution is 2.26. The highest BCUT2D eigenvalue weighted by molar-refractivity contribution is 9.10. The first-order valence-electron chi connectivity index (χ1n) is 3.92. The average Bonchev–Trinajstić information content (AvgIpc) is 1.91. The lowest BCUT2D eigenvalue weighted by Crippen LogP contribution is -2.29. The minimum atomic E-state index is -1.46. The van der Waals surface area contributed by atoms with Crippen molar-refractivity contribution in [3.8, 4) is 5.75 Å². The van der Waals surface area contributed by atoms with Gasteiger partial charge in [-0.1, -0.05) is 12.1 Å². The van der Waals surface area contributed by atoms with Gasteiger partial charge in [0, 0.05) is 0 Å². The molecule has 0 atom stereocenters. The molecule has 0 unspecified atom stereocenters. The second kappa shape index (κ2) is 3.62. The first-order valence-corrected chi connectivity index (χ1v) is 8.13. The number of hydrogen-bond donors (Lipinski definition) is 0. The van der Waals surface area contributed by atoms with E-state index in [9.17, 15) is 0 Å². The maximum atomic E-state index is 5.82. The van der Waals surface area contributed by atoms with E-state index in [1.54, 1.807) is 0 Å². The number of hydrogen-bond acceptors (Lipinski definition) is 1. The summed E-state index contributed by atoms with van der Waals surface area (Å²) >= 11 is 3.45. The van der Waals surface area contributed by atoms with Crippen LogP contribution in [0.2, 0.25) is 19.6 Å². The Kier molecular flexibility index (Phi) is 2.96. The van der Waals surface area contributed by atoms with Gasteiger partial charge in [0.25, 0.3) is 0 Å². The van der Waals surface area contributed by atoms with E-state index in [-0.39, 0.29) is 0 Å². The highest BCUT2D eigenvalue weighted by Gasteiger charge is 2.16. The summed E-state index contributed by atoms with van der Waals surface area (Å²) in [6.45, 7) is 6.52. The number of benzene rings is 1. The summed E-state index contributed by atoms with van der Waals surface area (Å²) in [6, 6.07) is 7.96. The molecule has 0 fully saturated rings. The van der Waals surface area contributed by atoms with Crippen molar-refractivity contribution in [3.63, 3.8) is 0 Å². The second-order valence-electron chi connectivity index (χ2n) is 3.64. The molecule has 0 saturated carbocycles. The van der Waals surface area contributed by atoms with Crippen LogP contribution in [0.15, 0.2) is 28.7 Å². The largest absolute Gasteiger partial charge is 0.544 e. The summed E-state index contributed by atoms with van der Waals surface area (Å²) in [5, 5.41) is 0. The Bertz CT molecular complexity index is 267. The summed E-state index contributed by atoms with van der Waals surface area (Å²) in [5.41, 5.74) is 0. The monoisotopic (exact) mass is 244 g/mol. The van der Waals surface area contributed by atoms with Crippen molar-refractivity contribution in [2.24, 2.45) is 0 Å².